The Morgan fingerprint density at radius 2 is 1.54 bits per heavy atom. The maximum absolute atomic E-state index is 13.4. The number of nitro groups is 2. The largest absolute Gasteiger partial charge is 0.508 e. The summed E-state index contributed by atoms with van der Waals surface area (Å²) in [4.78, 5) is 45.8. The van der Waals surface area contributed by atoms with Gasteiger partial charge in [-0.3, -0.25) is 25.0 Å². The fourth-order valence-electron chi connectivity index (χ4n) is 5.86. The van der Waals surface area contributed by atoms with Gasteiger partial charge in [0.1, 0.15) is 16.7 Å². The van der Waals surface area contributed by atoms with E-state index in [1.165, 1.54) is 36.4 Å². The van der Waals surface area contributed by atoms with Gasteiger partial charge < -0.3 is 25.6 Å². The van der Waals surface area contributed by atoms with E-state index in [9.17, 15) is 30.1 Å². The monoisotopic (exact) mass is 621 g/mol. The Labute approximate surface area is 261 Å². The third-order valence-electron chi connectivity index (χ3n) is 8.05. The zero-order valence-corrected chi connectivity index (χ0v) is 24.9. The number of hydrogen-bond donors (Lipinski definition) is 4. The number of rotatable bonds is 12. The lowest BCUT2D eigenvalue weighted by atomic mass is 10.1. The van der Waals surface area contributed by atoms with E-state index in [4.69, 9.17) is 0 Å². The third kappa shape index (κ3) is 5.83. The highest BCUT2D eigenvalue weighted by molar-refractivity contribution is 6.11. The molecule has 0 unspecified atom stereocenters. The number of hydrogen-bond acceptors (Lipinski definition) is 10. The predicted octanol–water partition coefficient (Wildman–Crippen LogP) is 6.14. The van der Waals surface area contributed by atoms with E-state index in [-0.39, 0.29) is 38.3 Å². The Morgan fingerprint density at radius 1 is 0.826 bits per heavy atom. The van der Waals surface area contributed by atoms with Crippen LogP contribution in [-0.4, -0.2) is 63.0 Å². The lowest BCUT2D eigenvalue weighted by Gasteiger charge is -2.18. The van der Waals surface area contributed by atoms with Gasteiger partial charge in [0.25, 0.3) is 11.4 Å². The van der Waals surface area contributed by atoms with Crippen LogP contribution in [0.3, 0.4) is 0 Å². The van der Waals surface area contributed by atoms with Crippen LogP contribution in [0.2, 0.25) is 0 Å². The molecule has 0 spiro atoms. The van der Waals surface area contributed by atoms with E-state index < -0.39 is 10.4 Å². The number of aromatic hydroxyl groups is 1. The molecule has 46 heavy (non-hydrogen) atoms. The predicted molar refractivity (Wildman–Crippen MR) is 180 cm³/mol. The summed E-state index contributed by atoms with van der Waals surface area (Å²) in [5, 5.41) is 41.8. The first-order valence-corrected chi connectivity index (χ1v) is 14.8. The van der Waals surface area contributed by atoms with Gasteiger partial charge in [-0.2, -0.15) is 0 Å². The van der Waals surface area contributed by atoms with Crippen LogP contribution in [-0.2, 0) is 0 Å². The van der Waals surface area contributed by atoms with Crippen molar-refractivity contribution < 1.29 is 15.0 Å². The van der Waals surface area contributed by atoms with E-state index in [1.807, 2.05) is 31.3 Å². The van der Waals surface area contributed by atoms with Gasteiger partial charge in [-0.1, -0.05) is 24.3 Å². The molecule has 4 N–H and O–H groups in total. The van der Waals surface area contributed by atoms with Crippen LogP contribution in [0.4, 0.5) is 22.7 Å². The molecule has 0 saturated carbocycles. The number of nitrogens with one attached hydrogen (secondary N) is 3. The summed E-state index contributed by atoms with van der Waals surface area (Å²) in [5.74, 6) is -0.0701. The smallest absolute Gasteiger partial charge is 0.293 e. The second-order valence-electron chi connectivity index (χ2n) is 11.1. The average Bonchev–Trinajstić information content (AvgIpc) is 3.04. The second kappa shape index (κ2) is 12.7. The van der Waals surface area contributed by atoms with Gasteiger partial charge in [0.15, 0.2) is 5.43 Å². The number of para-hydroxylation sites is 1. The van der Waals surface area contributed by atoms with Gasteiger partial charge in [0.05, 0.1) is 37.5 Å². The van der Waals surface area contributed by atoms with Crippen LogP contribution in [0.25, 0.3) is 43.6 Å². The first-order chi connectivity index (χ1) is 22.2. The zero-order chi connectivity index (χ0) is 32.4. The number of pyridine rings is 2. The molecule has 0 radical (unpaired) electrons. The molecule has 2 aromatic heterocycles. The number of benzene rings is 4. The maximum atomic E-state index is 13.4. The van der Waals surface area contributed by atoms with Gasteiger partial charge in [0, 0.05) is 41.7 Å². The Kier molecular flexibility index (Phi) is 8.31. The highest BCUT2D eigenvalue weighted by atomic mass is 16.6. The summed E-state index contributed by atoms with van der Waals surface area (Å²) in [6, 6.07) is 19.7. The van der Waals surface area contributed by atoms with Crippen LogP contribution < -0.4 is 16.1 Å². The molecule has 2 heterocycles. The number of H-pyrrole nitrogens is 1. The maximum Gasteiger partial charge on any atom is 0.293 e. The molecule has 0 aliphatic heterocycles. The van der Waals surface area contributed by atoms with Gasteiger partial charge >= 0.3 is 0 Å². The van der Waals surface area contributed by atoms with Gasteiger partial charge in [-0.05, 0) is 69.4 Å². The molecular weight excluding hydrogens is 590 g/mol. The molecule has 13 heteroatoms. The molecule has 0 bridgehead atoms. The Hall–Kier alpha value is -5.82. The van der Waals surface area contributed by atoms with Crippen LogP contribution in [0.5, 0.6) is 5.75 Å². The minimum absolute atomic E-state index is 0.0111. The van der Waals surface area contributed by atoms with E-state index in [0.717, 1.165) is 36.8 Å². The molecule has 0 fully saturated rings. The van der Waals surface area contributed by atoms with Crippen molar-refractivity contribution in [2.45, 2.75) is 12.8 Å². The fourth-order valence-corrected chi connectivity index (χ4v) is 5.86. The molecule has 13 nitrogen and oxygen atoms in total. The average molecular weight is 622 g/mol. The quantitative estimate of drug-likeness (QED) is 0.0536. The molecular formula is C33H31N7O6. The van der Waals surface area contributed by atoms with E-state index in [1.54, 1.807) is 12.1 Å². The Bertz CT molecular complexity index is 2200. The number of non-ortho nitro benzene ring substituents is 2. The van der Waals surface area contributed by atoms with E-state index in [2.05, 4.69) is 25.5 Å². The van der Waals surface area contributed by atoms with Crippen LogP contribution in [0.15, 0.2) is 77.6 Å². The van der Waals surface area contributed by atoms with Crippen molar-refractivity contribution in [3.05, 3.63) is 103 Å². The van der Waals surface area contributed by atoms with Crippen molar-refractivity contribution in [2.24, 2.45) is 0 Å². The molecule has 234 valence electrons. The summed E-state index contributed by atoms with van der Waals surface area (Å²) in [6.07, 6.45) is 1.52. The Balaban J connectivity index is 1.09. The molecule has 0 amide bonds. The van der Waals surface area contributed by atoms with Gasteiger partial charge in [-0.15, -0.1) is 0 Å². The zero-order valence-electron chi connectivity index (χ0n) is 24.9. The lowest BCUT2D eigenvalue weighted by molar-refractivity contribution is -0.383. The van der Waals surface area contributed by atoms with Gasteiger partial charge in [-0.25, -0.2) is 4.98 Å². The minimum atomic E-state index is -0.529. The summed E-state index contributed by atoms with van der Waals surface area (Å²) in [6.45, 7) is 2.63. The summed E-state index contributed by atoms with van der Waals surface area (Å²) in [5.41, 5.74) is 2.43. The SMILES string of the molecule is CN(CCCNc1c2ccccc2nc2cccc([N+](=O)[O-])c12)CCCNc1ccc([N+](=O)[O-])c2[nH]c3ccc(O)cc3c(=O)c12. The van der Waals surface area contributed by atoms with Crippen LogP contribution >= 0.6 is 0 Å². The number of nitrogens with zero attached hydrogens (tertiary/aromatic N) is 4. The topological polar surface area (TPSA) is 180 Å². The number of aromatic amines is 1. The van der Waals surface area contributed by atoms with Crippen molar-refractivity contribution in [3.8, 4) is 5.75 Å². The van der Waals surface area contributed by atoms with E-state index in [0.29, 0.717) is 40.9 Å². The molecule has 0 atom stereocenters. The standard InChI is InChI=1S/C33H31N7O6/c1-38(18-6-16-35-31-21-7-2-3-8-23(21)36-26-9-4-10-27(29(26)31)39(43)44)17-5-15-34-25-13-14-28(40(45)46)32-30(25)33(42)22-19-20(41)11-12-24(22)37-32/h2-4,7-14,19,34,41H,5-6,15-18H2,1H3,(H,35,36)(H,37,42). The number of anilines is 2. The van der Waals surface area contributed by atoms with Crippen LogP contribution in [0.1, 0.15) is 12.8 Å². The number of phenolic OH excluding ortho intramolecular Hbond substituents is 1. The van der Waals surface area contributed by atoms with Crippen molar-refractivity contribution in [1.82, 2.24) is 14.9 Å². The highest BCUT2D eigenvalue weighted by Crippen LogP contribution is 2.36. The van der Waals surface area contributed by atoms with Crippen LogP contribution in [0, 0.1) is 20.2 Å². The lowest BCUT2D eigenvalue weighted by Crippen LogP contribution is -2.24. The minimum Gasteiger partial charge on any atom is -0.508 e. The van der Waals surface area contributed by atoms with Crippen molar-refractivity contribution in [2.75, 3.05) is 43.9 Å². The number of aromatic nitrogens is 2. The van der Waals surface area contributed by atoms with Crippen molar-refractivity contribution in [1.29, 1.82) is 0 Å². The summed E-state index contributed by atoms with van der Waals surface area (Å²) >= 11 is 0. The first kappa shape index (κ1) is 30.2. The molecule has 6 rings (SSSR count). The molecule has 6 aromatic rings. The number of phenols is 1. The normalized spacial score (nSPS) is 11.5. The molecule has 4 aromatic carbocycles. The third-order valence-corrected chi connectivity index (χ3v) is 8.05. The molecule has 0 aliphatic carbocycles. The molecule has 0 saturated heterocycles. The van der Waals surface area contributed by atoms with E-state index >= 15 is 0 Å². The number of nitro benzene ring substituents is 2. The van der Waals surface area contributed by atoms with Gasteiger partial charge in [0.2, 0.25) is 0 Å². The first-order valence-electron chi connectivity index (χ1n) is 14.8. The Morgan fingerprint density at radius 3 is 2.30 bits per heavy atom. The second-order valence-corrected chi connectivity index (χ2v) is 11.1. The summed E-state index contributed by atoms with van der Waals surface area (Å²) in [7, 11) is 2.01. The van der Waals surface area contributed by atoms with Crippen molar-refractivity contribution >= 4 is 66.4 Å². The molecule has 0 aliphatic rings. The summed E-state index contributed by atoms with van der Waals surface area (Å²) < 4.78 is 0. The van der Waals surface area contributed by atoms with Crippen molar-refractivity contribution in [3.63, 3.8) is 0 Å². The fraction of sp³-hybridized carbons (Fsp3) is 0.212. The highest BCUT2D eigenvalue weighted by Gasteiger charge is 2.21. The number of fused-ring (bicyclic) bond motifs is 4.